The number of piperidine rings is 1. The smallest absolute Gasteiger partial charge is 0.223 e. The van der Waals surface area contributed by atoms with Crippen molar-refractivity contribution in [1.29, 1.82) is 0 Å². The zero-order chi connectivity index (χ0) is 15.7. The van der Waals surface area contributed by atoms with Gasteiger partial charge in [-0.15, -0.1) is 0 Å². The standard InChI is InChI=1S/C17H30N2O2/c1-4-6-14-19(15(3)5-2)17(21)11-9-13-18-12-8-7-10-16(18)20/h4,6,15H,5,7-14H2,1-3H3. The fourth-order valence-electron chi connectivity index (χ4n) is 2.63. The second-order valence-corrected chi connectivity index (χ2v) is 5.81. The van der Waals surface area contributed by atoms with Crippen LogP contribution in [-0.4, -0.2) is 47.3 Å². The molecule has 1 fully saturated rings. The van der Waals surface area contributed by atoms with Crippen molar-refractivity contribution in [2.75, 3.05) is 19.6 Å². The Balaban J connectivity index is 2.40. The van der Waals surface area contributed by atoms with E-state index in [1.807, 2.05) is 28.9 Å². The Bertz CT molecular complexity index is 366. The average molecular weight is 294 g/mol. The van der Waals surface area contributed by atoms with Crippen molar-refractivity contribution in [3.63, 3.8) is 0 Å². The summed E-state index contributed by atoms with van der Waals surface area (Å²) in [6, 6.07) is 0.269. The summed E-state index contributed by atoms with van der Waals surface area (Å²) in [5.41, 5.74) is 0. The molecule has 0 aromatic rings. The molecule has 0 radical (unpaired) electrons. The summed E-state index contributed by atoms with van der Waals surface area (Å²) in [6.45, 7) is 8.44. The predicted octanol–water partition coefficient (Wildman–Crippen LogP) is 2.98. The Labute approximate surface area is 129 Å². The third-order valence-electron chi connectivity index (χ3n) is 4.22. The van der Waals surface area contributed by atoms with Crippen molar-refractivity contribution >= 4 is 11.8 Å². The lowest BCUT2D eigenvalue weighted by atomic mass is 10.1. The Morgan fingerprint density at radius 2 is 2.19 bits per heavy atom. The van der Waals surface area contributed by atoms with Gasteiger partial charge < -0.3 is 9.80 Å². The molecule has 0 aromatic carbocycles. The highest BCUT2D eigenvalue weighted by molar-refractivity contribution is 5.78. The molecule has 1 aliphatic rings. The minimum absolute atomic E-state index is 0.201. The van der Waals surface area contributed by atoms with Crippen LogP contribution in [0, 0.1) is 0 Å². The fourth-order valence-corrected chi connectivity index (χ4v) is 2.63. The van der Waals surface area contributed by atoms with Gasteiger partial charge in [0.2, 0.25) is 11.8 Å². The number of carbonyl (C=O) groups is 2. The lowest BCUT2D eigenvalue weighted by molar-refractivity contribution is -0.135. The molecule has 1 heterocycles. The van der Waals surface area contributed by atoms with Gasteiger partial charge in [0.25, 0.3) is 0 Å². The molecule has 1 atom stereocenters. The first-order valence-electron chi connectivity index (χ1n) is 8.28. The van der Waals surface area contributed by atoms with E-state index in [-0.39, 0.29) is 17.9 Å². The Kier molecular flexibility index (Phi) is 8.09. The van der Waals surface area contributed by atoms with Crippen LogP contribution in [-0.2, 0) is 9.59 Å². The highest BCUT2D eigenvalue weighted by Crippen LogP contribution is 2.12. The lowest BCUT2D eigenvalue weighted by Gasteiger charge is -2.29. The van der Waals surface area contributed by atoms with Crippen molar-refractivity contribution in [2.24, 2.45) is 0 Å². The van der Waals surface area contributed by atoms with Crippen LogP contribution < -0.4 is 0 Å². The molecule has 0 aliphatic carbocycles. The van der Waals surface area contributed by atoms with Crippen LogP contribution in [0.3, 0.4) is 0 Å². The first kappa shape index (κ1) is 17.7. The minimum Gasteiger partial charge on any atom is -0.343 e. The average Bonchev–Trinajstić information content (AvgIpc) is 2.49. The van der Waals surface area contributed by atoms with Gasteiger partial charge in [-0.25, -0.2) is 0 Å². The van der Waals surface area contributed by atoms with Gasteiger partial charge in [0.15, 0.2) is 0 Å². The molecular weight excluding hydrogens is 264 g/mol. The topological polar surface area (TPSA) is 40.6 Å². The zero-order valence-electron chi connectivity index (χ0n) is 13.8. The van der Waals surface area contributed by atoms with E-state index in [0.717, 1.165) is 38.8 Å². The SMILES string of the molecule is CC=CCN(C(=O)CCCN1CCCCC1=O)C(C)CC. The van der Waals surface area contributed by atoms with Gasteiger partial charge in [-0.05, 0) is 39.5 Å². The zero-order valence-corrected chi connectivity index (χ0v) is 13.8. The Morgan fingerprint density at radius 1 is 1.43 bits per heavy atom. The van der Waals surface area contributed by atoms with Crippen molar-refractivity contribution in [3.05, 3.63) is 12.2 Å². The van der Waals surface area contributed by atoms with E-state index >= 15 is 0 Å². The normalized spacial score (nSPS) is 17.3. The van der Waals surface area contributed by atoms with Crippen LogP contribution in [0.5, 0.6) is 0 Å². The Hall–Kier alpha value is -1.32. The molecule has 1 unspecified atom stereocenters. The summed E-state index contributed by atoms with van der Waals surface area (Å²) < 4.78 is 0. The molecule has 1 saturated heterocycles. The summed E-state index contributed by atoms with van der Waals surface area (Å²) in [4.78, 5) is 27.9. The monoisotopic (exact) mass is 294 g/mol. The van der Waals surface area contributed by atoms with Gasteiger partial charge in [0, 0.05) is 38.5 Å². The molecule has 0 N–H and O–H groups in total. The predicted molar refractivity (Wildman–Crippen MR) is 85.9 cm³/mol. The molecule has 21 heavy (non-hydrogen) atoms. The molecule has 0 bridgehead atoms. The molecule has 1 rings (SSSR count). The van der Waals surface area contributed by atoms with Gasteiger partial charge in [0.05, 0.1) is 0 Å². The largest absolute Gasteiger partial charge is 0.343 e. The summed E-state index contributed by atoms with van der Waals surface area (Å²) >= 11 is 0. The van der Waals surface area contributed by atoms with Crippen LogP contribution in [0.15, 0.2) is 12.2 Å². The number of hydrogen-bond donors (Lipinski definition) is 0. The van der Waals surface area contributed by atoms with Crippen molar-refractivity contribution in [2.45, 2.75) is 65.3 Å². The fraction of sp³-hybridized carbons (Fsp3) is 0.765. The molecule has 4 heteroatoms. The number of allylic oxidation sites excluding steroid dienone is 1. The highest BCUT2D eigenvalue weighted by atomic mass is 16.2. The van der Waals surface area contributed by atoms with Crippen LogP contribution in [0.2, 0.25) is 0 Å². The summed E-state index contributed by atoms with van der Waals surface area (Å²) in [5, 5.41) is 0. The molecule has 0 saturated carbocycles. The highest BCUT2D eigenvalue weighted by Gasteiger charge is 2.20. The van der Waals surface area contributed by atoms with Crippen molar-refractivity contribution < 1.29 is 9.59 Å². The quantitative estimate of drug-likeness (QED) is 0.646. The summed E-state index contributed by atoms with van der Waals surface area (Å²) in [5.74, 6) is 0.452. The number of carbonyl (C=O) groups excluding carboxylic acids is 2. The molecule has 0 aromatic heterocycles. The second-order valence-electron chi connectivity index (χ2n) is 5.81. The number of amides is 2. The third kappa shape index (κ3) is 5.90. The van der Waals surface area contributed by atoms with Gasteiger partial charge in [0.1, 0.15) is 0 Å². The third-order valence-corrected chi connectivity index (χ3v) is 4.22. The number of hydrogen-bond acceptors (Lipinski definition) is 2. The minimum atomic E-state index is 0.201. The number of rotatable bonds is 8. The van der Waals surface area contributed by atoms with Gasteiger partial charge in [-0.3, -0.25) is 9.59 Å². The van der Waals surface area contributed by atoms with Crippen LogP contribution in [0.4, 0.5) is 0 Å². The van der Waals surface area contributed by atoms with Gasteiger partial charge in [-0.1, -0.05) is 19.1 Å². The first-order valence-corrected chi connectivity index (χ1v) is 8.28. The van der Waals surface area contributed by atoms with E-state index in [1.54, 1.807) is 0 Å². The second kappa shape index (κ2) is 9.59. The maximum absolute atomic E-state index is 12.4. The summed E-state index contributed by atoms with van der Waals surface area (Å²) in [7, 11) is 0. The molecule has 2 amide bonds. The molecule has 1 aliphatic heterocycles. The lowest BCUT2D eigenvalue weighted by Crippen LogP contribution is -2.39. The first-order chi connectivity index (χ1) is 10.1. The maximum atomic E-state index is 12.4. The van der Waals surface area contributed by atoms with Crippen molar-refractivity contribution in [1.82, 2.24) is 9.80 Å². The van der Waals surface area contributed by atoms with E-state index in [4.69, 9.17) is 0 Å². The van der Waals surface area contributed by atoms with Crippen molar-refractivity contribution in [3.8, 4) is 0 Å². The number of nitrogens with zero attached hydrogens (tertiary/aromatic N) is 2. The van der Waals surface area contributed by atoms with E-state index < -0.39 is 0 Å². The summed E-state index contributed by atoms with van der Waals surface area (Å²) in [6.07, 6.45) is 9.06. The van der Waals surface area contributed by atoms with E-state index in [1.165, 1.54) is 0 Å². The van der Waals surface area contributed by atoms with E-state index in [2.05, 4.69) is 13.8 Å². The van der Waals surface area contributed by atoms with E-state index in [9.17, 15) is 9.59 Å². The van der Waals surface area contributed by atoms with Crippen LogP contribution in [0.1, 0.15) is 59.3 Å². The molecular formula is C17H30N2O2. The molecule has 4 nitrogen and oxygen atoms in total. The van der Waals surface area contributed by atoms with Gasteiger partial charge in [-0.2, -0.15) is 0 Å². The van der Waals surface area contributed by atoms with E-state index in [0.29, 0.717) is 19.4 Å². The molecule has 0 spiro atoms. The van der Waals surface area contributed by atoms with Crippen LogP contribution >= 0.6 is 0 Å². The molecule has 120 valence electrons. The van der Waals surface area contributed by atoms with Crippen LogP contribution in [0.25, 0.3) is 0 Å². The Morgan fingerprint density at radius 3 is 2.81 bits per heavy atom. The van der Waals surface area contributed by atoms with Gasteiger partial charge >= 0.3 is 0 Å². The maximum Gasteiger partial charge on any atom is 0.223 e. The number of likely N-dealkylation sites (tertiary alicyclic amines) is 1.